The molecule has 0 amide bonds. The van der Waals surface area contributed by atoms with Crippen LogP contribution in [0.3, 0.4) is 0 Å². The first-order valence-corrected chi connectivity index (χ1v) is 6.39. The first kappa shape index (κ1) is 12.0. The van der Waals surface area contributed by atoms with Gasteiger partial charge in [-0.25, -0.2) is 4.98 Å². The van der Waals surface area contributed by atoms with Gasteiger partial charge in [-0.2, -0.15) is 0 Å². The Hall–Kier alpha value is -0.480. The second-order valence-corrected chi connectivity index (χ2v) is 5.57. The largest absolute Gasteiger partial charge is 0.380 e. The number of rotatable bonds is 3. The van der Waals surface area contributed by atoms with Crippen LogP contribution in [0.1, 0.15) is 4.88 Å². The monoisotopic (exact) mass is 292 g/mol. The summed E-state index contributed by atoms with van der Waals surface area (Å²) >= 11 is 18.9. The summed E-state index contributed by atoms with van der Waals surface area (Å²) < 4.78 is 0.547. The molecule has 0 saturated carbocycles. The third-order valence-electron chi connectivity index (χ3n) is 1.91. The van der Waals surface area contributed by atoms with E-state index in [4.69, 9.17) is 34.8 Å². The number of anilines is 1. The van der Waals surface area contributed by atoms with Crippen LogP contribution >= 0.6 is 46.1 Å². The van der Waals surface area contributed by atoms with Gasteiger partial charge in [0.25, 0.3) is 0 Å². The Balaban J connectivity index is 2.02. The highest BCUT2D eigenvalue weighted by atomic mass is 35.5. The van der Waals surface area contributed by atoms with Crippen LogP contribution in [0.15, 0.2) is 24.4 Å². The maximum atomic E-state index is 5.90. The number of hydrogen-bond acceptors (Lipinski definition) is 3. The lowest BCUT2D eigenvalue weighted by Crippen LogP contribution is -1.96. The molecule has 1 heterocycles. The third kappa shape index (κ3) is 3.01. The summed E-state index contributed by atoms with van der Waals surface area (Å²) in [5.41, 5.74) is 0.916. The van der Waals surface area contributed by atoms with E-state index in [1.54, 1.807) is 18.3 Å². The quantitative estimate of drug-likeness (QED) is 0.886. The molecule has 84 valence electrons. The summed E-state index contributed by atoms with van der Waals surface area (Å²) in [5, 5.41) is 4.30. The Labute approximate surface area is 112 Å². The molecule has 0 aliphatic rings. The van der Waals surface area contributed by atoms with Crippen molar-refractivity contribution in [2.24, 2.45) is 0 Å². The zero-order chi connectivity index (χ0) is 11.5. The molecule has 0 atom stereocenters. The molecule has 2 rings (SSSR count). The number of aromatic nitrogens is 1. The number of halogens is 3. The van der Waals surface area contributed by atoms with Gasteiger partial charge in [-0.05, 0) is 18.2 Å². The van der Waals surface area contributed by atoms with E-state index in [0.717, 1.165) is 10.6 Å². The fraction of sp³-hybridized carbons (Fsp3) is 0.100. The summed E-state index contributed by atoms with van der Waals surface area (Å²) in [5.74, 6) is 0. The van der Waals surface area contributed by atoms with E-state index in [9.17, 15) is 0 Å². The molecule has 1 aromatic heterocycles. The molecule has 2 nitrogen and oxygen atoms in total. The van der Waals surface area contributed by atoms with Crippen molar-refractivity contribution in [3.05, 3.63) is 43.8 Å². The fourth-order valence-electron chi connectivity index (χ4n) is 1.16. The summed E-state index contributed by atoms with van der Waals surface area (Å²) in [6.07, 6.45) is 1.75. The molecular weight excluding hydrogens is 287 g/mol. The van der Waals surface area contributed by atoms with E-state index in [2.05, 4.69) is 10.3 Å². The van der Waals surface area contributed by atoms with E-state index < -0.39 is 0 Å². The lowest BCUT2D eigenvalue weighted by atomic mass is 10.3. The van der Waals surface area contributed by atoms with Crippen LogP contribution in [0.4, 0.5) is 5.69 Å². The molecule has 0 fully saturated rings. The van der Waals surface area contributed by atoms with Gasteiger partial charge in [0.15, 0.2) is 4.47 Å². The van der Waals surface area contributed by atoms with Gasteiger partial charge in [-0.15, -0.1) is 11.3 Å². The Bertz CT molecular complexity index is 499. The van der Waals surface area contributed by atoms with Crippen molar-refractivity contribution >= 4 is 51.8 Å². The van der Waals surface area contributed by atoms with Gasteiger partial charge < -0.3 is 5.32 Å². The minimum atomic E-state index is 0.536. The van der Waals surface area contributed by atoms with E-state index in [1.165, 1.54) is 11.3 Å². The van der Waals surface area contributed by atoms with Crippen LogP contribution in [-0.2, 0) is 6.54 Å². The number of hydrogen-bond donors (Lipinski definition) is 1. The van der Waals surface area contributed by atoms with Crippen LogP contribution in [0.2, 0.25) is 14.5 Å². The first-order valence-electron chi connectivity index (χ1n) is 4.44. The number of nitrogens with zero attached hydrogens (tertiary/aromatic N) is 1. The number of thiazole rings is 1. The third-order valence-corrected chi connectivity index (χ3v) is 3.77. The molecule has 0 bridgehead atoms. The van der Waals surface area contributed by atoms with Gasteiger partial charge in [0.1, 0.15) is 0 Å². The van der Waals surface area contributed by atoms with Crippen molar-refractivity contribution in [1.82, 2.24) is 4.98 Å². The molecule has 16 heavy (non-hydrogen) atoms. The van der Waals surface area contributed by atoms with E-state index in [0.29, 0.717) is 21.1 Å². The SMILES string of the molecule is Clc1ncc(CNc2ccc(Cl)c(Cl)c2)s1. The van der Waals surface area contributed by atoms with E-state index >= 15 is 0 Å². The van der Waals surface area contributed by atoms with Gasteiger partial charge in [0.2, 0.25) is 0 Å². The Morgan fingerprint density at radius 2 is 2.00 bits per heavy atom. The van der Waals surface area contributed by atoms with Crippen molar-refractivity contribution in [3.8, 4) is 0 Å². The van der Waals surface area contributed by atoms with E-state index in [-0.39, 0.29) is 0 Å². The summed E-state index contributed by atoms with van der Waals surface area (Å²) in [7, 11) is 0. The second-order valence-electron chi connectivity index (χ2n) is 3.06. The maximum absolute atomic E-state index is 5.90. The van der Waals surface area contributed by atoms with Crippen molar-refractivity contribution in [2.45, 2.75) is 6.54 Å². The molecule has 0 aliphatic heterocycles. The zero-order valence-corrected chi connectivity index (χ0v) is 11.1. The Morgan fingerprint density at radius 3 is 2.62 bits per heavy atom. The predicted molar refractivity (Wildman–Crippen MR) is 70.9 cm³/mol. The van der Waals surface area contributed by atoms with Crippen LogP contribution in [-0.4, -0.2) is 4.98 Å². The van der Waals surface area contributed by atoms with Crippen LogP contribution in [0.5, 0.6) is 0 Å². The summed E-state index contributed by atoms with van der Waals surface area (Å²) in [6, 6.07) is 5.41. The average molecular weight is 294 g/mol. The lowest BCUT2D eigenvalue weighted by molar-refractivity contribution is 1.17. The lowest BCUT2D eigenvalue weighted by Gasteiger charge is -2.05. The average Bonchev–Trinajstić information content (AvgIpc) is 2.66. The van der Waals surface area contributed by atoms with Crippen molar-refractivity contribution in [1.29, 1.82) is 0 Å². The predicted octanol–water partition coefficient (Wildman–Crippen LogP) is 4.72. The van der Waals surface area contributed by atoms with Crippen LogP contribution in [0, 0.1) is 0 Å². The Morgan fingerprint density at radius 1 is 1.19 bits per heavy atom. The van der Waals surface area contributed by atoms with Gasteiger partial charge in [0, 0.05) is 16.8 Å². The first-order chi connectivity index (χ1) is 7.65. The maximum Gasteiger partial charge on any atom is 0.183 e. The normalized spacial score (nSPS) is 10.4. The molecule has 1 aromatic carbocycles. The number of nitrogens with one attached hydrogen (secondary N) is 1. The molecule has 0 spiro atoms. The molecule has 6 heteroatoms. The molecular formula is C10H7Cl3N2S. The summed E-state index contributed by atoms with van der Waals surface area (Å²) in [6.45, 7) is 0.669. The zero-order valence-electron chi connectivity index (χ0n) is 8.01. The topological polar surface area (TPSA) is 24.9 Å². The molecule has 2 aromatic rings. The van der Waals surface area contributed by atoms with Crippen molar-refractivity contribution < 1.29 is 0 Å². The van der Waals surface area contributed by atoms with Gasteiger partial charge in [-0.1, -0.05) is 34.8 Å². The Kier molecular flexibility index (Phi) is 3.92. The van der Waals surface area contributed by atoms with Gasteiger partial charge in [-0.3, -0.25) is 0 Å². The van der Waals surface area contributed by atoms with E-state index in [1.807, 2.05) is 6.07 Å². The summed E-state index contributed by atoms with van der Waals surface area (Å²) in [4.78, 5) is 5.02. The van der Waals surface area contributed by atoms with Crippen LogP contribution < -0.4 is 5.32 Å². The molecule has 0 radical (unpaired) electrons. The van der Waals surface area contributed by atoms with Gasteiger partial charge >= 0.3 is 0 Å². The smallest absolute Gasteiger partial charge is 0.183 e. The second kappa shape index (κ2) is 5.23. The standard InChI is InChI=1S/C10H7Cl3N2S/c11-8-2-1-6(3-9(8)12)14-4-7-5-15-10(13)16-7/h1-3,5,14H,4H2. The highest BCUT2D eigenvalue weighted by molar-refractivity contribution is 7.15. The molecule has 1 N–H and O–H groups in total. The molecule has 0 saturated heterocycles. The van der Waals surface area contributed by atoms with Gasteiger partial charge in [0.05, 0.1) is 16.6 Å². The minimum Gasteiger partial charge on any atom is -0.380 e. The molecule has 0 aliphatic carbocycles. The number of benzene rings is 1. The van der Waals surface area contributed by atoms with Crippen molar-refractivity contribution in [3.63, 3.8) is 0 Å². The minimum absolute atomic E-state index is 0.536. The van der Waals surface area contributed by atoms with Crippen LogP contribution in [0.25, 0.3) is 0 Å². The highest BCUT2D eigenvalue weighted by Crippen LogP contribution is 2.26. The fourth-order valence-corrected chi connectivity index (χ4v) is 2.38. The highest BCUT2D eigenvalue weighted by Gasteiger charge is 2.01. The molecule has 0 unspecified atom stereocenters. The van der Waals surface area contributed by atoms with Crippen molar-refractivity contribution in [2.75, 3.05) is 5.32 Å².